The number of carbonyl (C=O) groups is 3. The number of benzene rings is 1. The van der Waals surface area contributed by atoms with Crippen LogP contribution in [0.1, 0.15) is 29.7 Å². The molecule has 2 aliphatic rings. The van der Waals surface area contributed by atoms with Crippen LogP contribution in [-0.2, 0) is 16.1 Å². The molecule has 168 valence electrons. The van der Waals surface area contributed by atoms with Gasteiger partial charge in [0.2, 0.25) is 0 Å². The van der Waals surface area contributed by atoms with E-state index in [1.165, 1.54) is 0 Å². The molecule has 1 N–H and O–H groups in total. The lowest BCUT2D eigenvalue weighted by atomic mass is 10.0. The number of anilines is 1. The van der Waals surface area contributed by atoms with Crippen molar-refractivity contribution in [3.63, 3.8) is 0 Å². The molecule has 2 aliphatic heterocycles. The molecule has 8 nitrogen and oxygen atoms in total. The molecule has 32 heavy (non-hydrogen) atoms. The fraction of sp³-hybridized carbons (Fsp3) is 0.417. The van der Waals surface area contributed by atoms with Gasteiger partial charge in [-0.05, 0) is 56.0 Å². The van der Waals surface area contributed by atoms with Gasteiger partial charge in [-0.1, -0.05) is 18.2 Å². The maximum absolute atomic E-state index is 12.8. The van der Waals surface area contributed by atoms with Crippen LogP contribution in [0, 0.1) is 13.8 Å². The molecular weight excluding hydrogens is 406 g/mol. The number of aromatic nitrogens is 1. The molecule has 2 aromatic rings. The number of aryl methyl sites for hydroxylation is 2. The molecule has 0 atom stereocenters. The molecule has 4 rings (SSSR count). The van der Waals surface area contributed by atoms with Crippen LogP contribution < -0.4 is 5.32 Å². The van der Waals surface area contributed by atoms with E-state index in [-0.39, 0.29) is 12.1 Å². The van der Waals surface area contributed by atoms with Crippen molar-refractivity contribution in [1.29, 1.82) is 0 Å². The molecular formula is C24H29N5O3. The van der Waals surface area contributed by atoms with E-state index < -0.39 is 11.8 Å². The third kappa shape index (κ3) is 4.74. The molecule has 1 aromatic heterocycles. The van der Waals surface area contributed by atoms with Crippen molar-refractivity contribution < 1.29 is 14.4 Å². The molecule has 2 saturated heterocycles. The van der Waals surface area contributed by atoms with Gasteiger partial charge in [0.1, 0.15) is 0 Å². The smallest absolute Gasteiger partial charge is 0.321 e. The van der Waals surface area contributed by atoms with Crippen molar-refractivity contribution in [1.82, 2.24) is 19.7 Å². The predicted octanol–water partition coefficient (Wildman–Crippen LogP) is 2.57. The normalized spacial score (nSPS) is 17.6. The molecule has 1 aromatic carbocycles. The number of carbonyl (C=O) groups excluding carboxylic acids is 3. The molecule has 8 heteroatoms. The molecule has 3 heterocycles. The second-order valence-electron chi connectivity index (χ2n) is 8.51. The molecule has 0 saturated carbocycles. The van der Waals surface area contributed by atoms with Gasteiger partial charge in [0.05, 0.1) is 12.2 Å². The largest absolute Gasteiger partial charge is 0.330 e. The van der Waals surface area contributed by atoms with Crippen molar-refractivity contribution in [3.8, 4) is 0 Å². The number of likely N-dealkylation sites (tertiary alicyclic amines) is 1. The number of rotatable bonds is 4. The highest BCUT2D eigenvalue weighted by Gasteiger charge is 2.38. The fourth-order valence-electron chi connectivity index (χ4n) is 4.32. The SMILES string of the molecule is Cc1ccc(C)c(NC(=O)N2CCC(N3CCN(Cc4ccccn4)C(=O)C3=O)CC2)c1. The average Bonchev–Trinajstić information content (AvgIpc) is 2.80. The number of nitrogens with zero attached hydrogens (tertiary/aromatic N) is 4. The Morgan fingerprint density at radius 3 is 2.53 bits per heavy atom. The maximum Gasteiger partial charge on any atom is 0.321 e. The van der Waals surface area contributed by atoms with Gasteiger partial charge in [-0.3, -0.25) is 14.6 Å². The van der Waals surface area contributed by atoms with Crippen molar-refractivity contribution >= 4 is 23.5 Å². The zero-order valence-corrected chi connectivity index (χ0v) is 18.6. The van der Waals surface area contributed by atoms with Gasteiger partial charge in [0.15, 0.2) is 0 Å². The van der Waals surface area contributed by atoms with Gasteiger partial charge in [-0.25, -0.2) is 4.79 Å². The Balaban J connectivity index is 1.30. The number of urea groups is 1. The van der Waals surface area contributed by atoms with Crippen molar-refractivity contribution in [2.75, 3.05) is 31.5 Å². The predicted molar refractivity (Wildman–Crippen MR) is 121 cm³/mol. The van der Waals surface area contributed by atoms with Crippen molar-refractivity contribution in [2.45, 2.75) is 39.3 Å². The van der Waals surface area contributed by atoms with Crippen LogP contribution >= 0.6 is 0 Å². The Morgan fingerprint density at radius 2 is 1.81 bits per heavy atom. The number of amides is 4. The number of piperidine rings is 1. The molecule has 0 aliphatic carbocycles. The summed E-state index contributed by atoms with van der Waals surface area (Å²) in [6.07, 6.45) is 3.01. The first-order chi connectivity index (χ1) is 15.4. The lowest BCUT2D eigenvalue weighted by molar-refractivity contribution is -0.158. The van der Waals surface area contributed by atoms with Gasteiger partial charge >= 0.3 is 17.8 Å². The van der Waals surface area contributed by atoms with E-state index in [4.69, 9.17) is 0 Å². The minimum absolute atomic E-state index is 0.0202. The summed E-state index contributed by atoms with van der Waals surface area (Å²) in [7, 11) is 0. The summed E-state index contributed by atoms with van der Waals surface area (Å²) >= 11 is 0. The summed E-state index contributed by atoms with van der Waals surface area (Å²) in [6, 6.07) is 11.4. The fourth-order valence-corrected chi connectivity index (χ4v) is 4.32. The number of pyridine rings is 1. The zero-order chi connectivity index (χ0) is 22.7. The van der Waals surface area contributed by atoms with E-state index in [1.807, 2.05) is 50.2 Å². The van der Waals surface area contributed by atoms with Gasteiger partial charge in [0, 0.05) is 44.1 Å². The zero-order valence-electron chi connectivity index (χ0n) is 18.6. The first kappa shape index (κ1) is 21.8. The number of hydrogen-bond acceptors (Lipinski definition) is 4. The summed E-state index contributed by atoms with van der Waals surface area (Å²) in [5.74, 6) is -0.928. The Morgan fingerprint density at radius 1 is 1.03 bits per heavy atom. The highest BCUT2D eigenvalue weighted by Crippen LogP contribution is 2.22. The first-order valence-corrected chi connectivity index (χ1v) is 11.1. The second-order valence-corrected chi connectivity index (χ2v) is 8.51. The van der Waals surface area contributed by atoms with E-state index in [0.717, 1.165) is 22.5 Å². The van der Waals surface area contributed by atoms with Crippen LogP contribution in [0.5, 0.6) is 0 Å². The molecule has 0 radical (unpaired) electrons. The Bertz CT molecular complexity index is 1000. The monoisotopic (exact) mass is 435 g/mol. The van der Waals surface area contributed by atoms with Crippen LogP contribution in [0.4, 0.5) is 10.5 Å². The van der Waals surface area contributed by atoms with Gasteiger partial charge in [-0.15, -0.1) is 0 Å². The van der Waals surface area contributed by atoms with Crippen molar-refractivity contribution in [3.05, 3.63) is 59.4 Å². The average molecular weight is 436 g/mol. The second kappa shape index (κ2) is 9.38. The Labute approximate surface area is 188 Å². The van der Waals surface area contributed by atoms with E-state index >= 15 is 0 Å². The first-order valence-electron chi connectivity index (χ1n) is 11.1. The third-order valence-electron chi connectivity index (χ3n) is 6.25. The lowest BCUT2D eigenvalue weighted by Gasteiger charge is -2.42. The molecule has 0 unspecified atom stereocenters. The standard InChI is InChI=1S/C24H29N5O3/c1-17-6-7-18(2)21(15-17)26-24(32)27-11-8-20(9-12-27)29-14-13-28(22(30)23(29)31)16-19-5-3-4-10-25-19/h3-7,10,15,20H,8-9,11-14,16H2,1-2H3,(H,26,32). The quantitative estimate of drug-likeness (QED) is 0.748. The minimum atomic E-state index is -0.475. The van der Waals surface area contributed by atoms with E-state index in [0.29, 0.717) is 45.6 Å². The van der Waals surface area contributed by atoms with Crippen LogP contribution in [0.3, 0.4) is 0 Å². The van der Waals surface area contributed by atoms with E-state index in [9.17, 15) is 14.4 Å². The number of nitrogens with one attached hydrogen (secondary N) is 1. The highest BCUT2D eigenvalue weighted by atomic mass is 16.2. The van der Waals surface area contributed by atoms with Crippen molar-refractivity contribution in [2.24, 2.45) is 0 Å². The van der Waals surface area contributed by atoms with E-state index in [2.05, 4.69) is 10.3 Å². The van der Waals surface area contributed by atoms with Gasteiger partial charge < -0.3 is 20.0 Å². The third-order valence-corrected chi connectivity index (χ3v) is 6.25. The summed E-state index contributed by atoms with van der Waals surface area (Å²) in [5, 5.41) is 3.00. The highest BCUT2D eigenvalue weighted by molar-refractivity contribution is 6.35. The number of piperazine rings is 1. The summed E-state index contributed by atoms with van der Waals surface area (Å²) in [5.41, 5.74) is 3.70. The van der Waals surface area contributed by atoms with Crippen LogP contribution in [0.25, 0.3) is 0 Å². The molecule has 4 amide bonds. The van der Waals surface area contributed by atoms with Crippen LogP contribution in [0.2, 0.25) is 0 Å². The molecule has 0 spiro atoms. The number of hydrogen-bond donors (Lipinski definition) is 1. The summed E-state index contributed by atoms with van der Waals surface area (Å²) in [6.45, 7) is 6.42. The van der Waals surface area contributed by atoms with Gasteiger partial charge in [-0.2, -0.15) is 0 Å². The van der Waals surface area contributed by atoms with Gasteiger partial charge in [0.25, 0.3) is 0 Å². The maximum atomic E-state index is 12.8. The lowest BCUT2D eigenvalue weighted by Crippen LogP contribution is -2.59. The van der Waals surface area contributed by atoms with Crippen LogP contribution in [-0.4, -0.2) is 69.8 Å². The van der Waals surface area contributed by atoms with Crippen LogP contribution in [0.15, 0.2) is 42.6 Å². The molecule has 0 bridgehead atoms. The minimum Gasteiger partial charge on any atom is -0.330 e. The Kier molecular flexibility index (Phi) is 6.39. The Hall–Kier alpha value is -3.42. The summed E-state index contributed by atoms with van der Waals surface area (Å²) < 4.78 is 0. The molecule has 2 fully saturated rings. The summed E-state index contributed by atoms with van der Waals surface area (Å²) in [4.78, 5) is 47.4. The topological polar surface area (TPSA) is 85.8 Å². The van der Waals surface area contributed by atoms with E-state index in [1.54, 1.807) is 20.9 Å².